The minimum atomic E-state index is -0.263. The van der Waals surface area contributed by atoms with Crippen molar-refractivity contribution in [3.8, 4) is 11.3 Å². The molecule has 0 aliphatic carbocycles. The third kappa shape index (κ3) is 3.88. The molecule has 2 heterocycles. The molecule has 8 heteroatoms. The minimum Gasteiger partial charge on any atom is -0.355 e. The molecule has 1 saturated heterocycles. The van der Waals surface area contributed by atoms with Crippen LogP contribution in [0.5, 0.6) is 0 Å². The Morgan fingerprint density at radius 3 is 2.53 bits per heavy atom. The number of thioether (sulfide) groups is 1. The molecule has 3 aromatic carbocycles. The first-order valence-electron chi connectivity index (χ1n) is 9.91. The molecule has 1 aliphatic rings. The summed E-state index contributed by atoms with van der Waals surface area (Å²) in [5.41, 5.74) is 3.46. The van der Waals surface area contributed by atoms with Crippen LogP contribution in [-0.2, 0) is 11.3 Å². The average molecular weight is 443 g/mol. The van der Waals surface area contributed by atoms with Crippen molar-refractivity contribution in [3.05, 3.63) is 83.9 Å². The van der Waals surface area contributed by atoms with Crippen LogP contribution in [0, 0.1) is 0 Å². The van der Waals surface area contributed by atoms with Crippen LogP contribution in [0.25, 0.3) is 22.2 Å². The molecule has 1 fully saturated rings. The van der Waals surface area contributed by atoms with Crippen molar-refractivity contribution in [2.24, 2.45) is 0 Å². The van der Waals surface area contributed by atoms with Crippen molar-refractivity contribution in [3.63, 3.8) is 0 Å². The molecule has 0 spiro atoms. The Labute approximate surface area is 187 Å². The number of aromatic nitrogens is 1. The van der Waals surface area contributed by atoms with E-state index in [-0.39, 0.29) is 29.4 Å². The molecule has 0 radical (unpaired) electrons. The van der Waals surface area contributed by atoms with Crippen molar-refractivity contribution in [2.75, 3.05) is 11.1 Å². The van der Waals surface area contributed by atoms with Crippen molar-refractivity contribution >= 4 is 45.4 Å². The molecule has 3 amide bonds. The first-order chi connectivity index (χ1) is 15.6. The summed E-state index contributed by atoms with van der Waals surface area (Å²) < 4.78 is 5.50. The Kier molecular flexibility index (Phi) is 5.20. The zero-order valence-electron chi connectivity index (χ0n) is 16.8. The second-order valence-corrected chi connectivity index (χ2v) is 8.22. The molecule has 0 unspecified atom stereocenters. The van der Waals surface area contributed by atoms with Crippen molar-refractivity contribution in [1.29, 1.82) is 0 Å². The van der Waals surface area contributed by atoms with Crippen molar-refractivity contribution < 1.29 is 18.9 Å². The van der Waals surface area contributed by atoms with Gasteiger partial charge >= 0.3 is 0 Å². The van der Waals surface area contributed by atoms with Gasteiger partial charge in [0.05, 0.1) is 17.7 Å². The van der Waals surface area contributed by atoms with Crippen LogP contribution in [0.4, 0.5) is 10.5 Å². The Hall–Kier alpha value is -3.91. The molecule has 4 aromatic rings. The second-order valence-electron chi connectivity index (χ2n) is 7.30. The molecule has 1 aromatic heterocycles. The number of hydrogen-bond acceptors (Lipinski definition) is 6. The van der Waals surface area contributed by atoms with E-state index in [1.807, 2.05) is 30.3 Å². The van der Waals surface area contributed by atoms with Gasteiger partial charge in [0.1, 0.15) is 5.52 Å². The predicted octanol–water partition coefficient (Wildman–Crippen LogP) is 4.94. The van der Waals surface area contributed by atoms with Gasteiger partial charge in [-0.05, 0) is 35.9 Å². The van der Waals surface area contributed by atoms with E-state index in [4.69, 9.17) is 4.52 Å². The highest BCUT2D eigenvalue weighted by molar-refractivity contribution is 8.14. The molecule has 0 saturated carbocycles. The minimum absolute atomic E-state index is 0.184. The summed E-state index contributed by atoms with van der Waals surface area (Å²) in [4.78, 5) is 37.6. The fourth-order valence-corrected chi connectivity index (χ4v) is 4.22. The van der Waals surface area contributed by atoms with Crippen LogP contribution in [0.2, 0.25) is 0 Å². The first kappa shape index (κ1) is 20.0. The quantitative estimate of drug-likeness (QED) is 0.470. The van der Waals surface area contributed by atoms with E-state index in [2.05, 4.69) is 10.5 Å². The van der Waals surface area contributed by atoms with Gasteiger partial charge in [-0.2, -0.15) is 0 Å². The molecular formula is C24H17N3O4S. The lowest BCUT2D eigenvalue weighted by atomic mass is 10.1. The Morgan fingerprint density at radius 1 is 1.03 bits per heavy atom. The molecule has 7 nitrogen and oxygen atoms in total. The standard InChI is InChI=1S/C24H17N3O4S/c28-21-14-32-24(30)27(21)13-15-6-9-18(10-7-15)25-23(29)17-8-11-20-19(12-17)22(31-26-20)16-4-2-1-3-5-16/h1-12H,13-14H2,(H,25,29). The van der Waals surface area contributed by atoms with Gasteiger partial charge in [0.2, 0.25) is 5.91 Å². The molecular weight excluding hydrogens is 426 g/mol. The third-order valence-electron chi connectivity index (χ3n) is 5.17. The maximum atomic E-state index is 12.8. The number of rotatable bonds is 5. The van der Waals surface area contributed by atoms with Gasteiger partial charge in [0, 0.05) is 16.8 Å². The number of nitrogens with zero attached hydrogens (tertiary/aromatic N) is 2. The number of carbonyl (C=O) groups is 3. The third-order valence-corrected chi connectivity index (χ3v) is 6.03. The molecule has 158 valence electrons. The zero-order valence-corrected chi connectivity index (χ0v) is 17.6. The molecule has 1 aliphatic heterocycles. The summed E-state index contributed by atoms with van der Waals surface area (Å²) in [5.74, 6) is 0.358. The lowest BCUT2D eigenvalue weighted by molar-refractivity contribution is -0.125. The predicted molar refractivity (Wildman–Crippen MR) is 122 cm³/mol. The van der Waals surface area contributed by atoms with Crippen LogP contribution in [-0.4, -0.2) is 32.9 Å². The van der Waals surface area contributed by atoms with E-state index in [1.54, 1.807) is 42.5 Å². The van der Waals surface area contributed by atoms with E-state index >= 15 is 0 Å². The normalized spacial score (nSPS) is 13.7. The Morgan fingerprint density at radius 2 is 1.81 bits per heavy atom. The van der Waals surface area contributed by atoms with E-state index in [0.29, 0.717) is 22.5 Å². The zero-order chi connectivity index (χ0) is 22.1. The molecule has 0 bridgehead atoms. The van der Waals surface area contributed by atoms with Crippen LogP contribution >= 0.6 is 11.8 Å². The van der Waals surface area contributed by atoms with Crippen LogP contribution in [0.3, 0.4) is 0 Å². The number of benzene rings is 3. The number of imide groups is 1. The van der Waals surface area contributed by atoms with E-state index < -0.39 is 0 Å². The van der Waals surface area contributed by atoms with Gasteiger partial charge in [0.25, 0.3) is 11.1 Å². The fraction of sp³-hybridized carbons (Fsp3) is 0.0833. The number of fused-ring (bicyclic) bond motifs is 1. The number of amides is 3. The highest BCUT2D eigenvalue weighted by Gasteiger charge is 2.29. The van der Waals surface area contributed by atoms with Gasteiger partial charge in [-0.3, -0.25) is 19.3 Å². The molecule has 5 rings (SSSR count). The highest BCUT2D eigenvalue weighted by atomic mass is 32.2. The van der Waals surface area contributed by atoms with Crippen molar-refractivity contribution in [2.45, 2.75) is 6.54 Å². The van der Waals surface area contributed by atoms with Crippen molar-refractivity contribution in [1.82, 2.24) is 10.1 Å². The number of nitrogens with one attached hydrogen (secondary N) is 1. The monoisotopic (exact) mass is 443 g/mol. The van der Waals surface area contributed by atoms with Gasteiger partial charge in [-0.25, -0.2) is 0 Å². The molecule has 0 atom stereocenters. The second kappa shape index (κ2) is 8.32. The van der Waals surface area contributed by atoms with Gasteiger partial charge in [-0.1, -0.05) is 59.4 Å². The molecule has 1 N–H and O–H groups in total. The summed E-state index contributed by atoms with van der Waals surface area (Å²) in [5, 5.41) is 7.48. The van der Waals surface area contributed by atoms with Gasteiger partial charge in [-0.15, -0.1) is 0 Å². The SMILES string of the molecule is O=C(Nc1ccc(CN2C(=O)CSC2=O)cc1)c1ccc2noc(-c3ccccc3)c2c1. The largest absolute Gasteiger partial charge is 0.355 e. The summed E-state index contributed by atoms with van der Waals surface area (Å²) in [6, 6.07) is 21.9. The maximum Gasteiger partial charge on any atom is 0.289 e. The van der Waals surface area contributed by atoms with E-state index in [9.17, 15) is 14.4 Å². The lowest BCUT2D eigenvalue weighted by Gasteiger charge is -2.13. The van der Waals surface area contributed by atoms with Crippen LogP contribution < -0.4 is 5.32 Å². The maximum absolute atomic E-state index is 12.8. The summed E-state index contributed by atoms with van der Waals surface area (Å²) in [7, 11) is 0. The number of anilines is 1. The topological polar surface area (TPSA) is 92.5 Å². The molecule has 32 heavy (non-hydrogen) atoms. The van der Waals surface area contributed by atoms with E-state index in [1.165, 1.54) is 4.90 Å². The van der Waals surface area contributed by atoms with Gasteiger partial charge < -0.3 is 9.84 Å². The van der Waals surface area contributed by atoms with Gasteiger partial charge in [0.15, 0.2) is 5.76 Å². The highest BCUT2D eigenvalue weighted by Crippen LogP contribution is 2.29. The summed E-state index contributed by atoms with van der Waals surface area (Å²) in [6.45, 7) is 0.227. The number of carbonyl (C=O) groups excluding carboxylic acids is 3. The fourth-order valence-electron chi connectivity index (χ4n) is 3.49. The summed E-state index contributed by atoms with van der Waals surface area (Å²) in [6.07, 6.45) is 0. The van der Waals surface area contributed by atoms with E-state index in [0.717, 1.165) is 28.3 Å². The van der Waals surface area contributed by atoms with Crippen LogP contribution in [0.1, 0.15) is 15.9 Å². The first-order valence-corrected chi connectivity index (χ1v) is 10.9. The summed E-state index contributed by atoms with van der Waals surface area (Å²) >= 11 is 1.01. The Balaban J connectivity index is 1.32. The lowest BCUT2D eigenvalue weighted by Crippen LogP contribution is -2.27. The van der Waals surface area contributed by atoms with Crippen LogP contribution in [0.15, 0.2) is 77.3 Å². The average Bonchev–Trinajstić information content (AvgIpc) is 3.39. The number of hydrogen-bond donors (Lipinski definition) is 1. The smallest absolute Gasteiger partial charge is 0.289 e. The Bertz CT molecular complexity index is 1320.